The van der Waals surface area contributed by atoms with Crippen molar-refractivity contribution in [3.63, 3.8) is 0 Å². The number of ether oxygens (including phenoxy) is 1. The van der Waals surface area contributed by atoms with Crippen LogP contribution in [0.15, 0.2) is 30.3 Å². The van der Waals surface area contributed by atoms with Gasteiger partial charge in [0.25, 0.3) is 5.91 Å². The first-order valence-corrected chi connectivity index (χ1v) is 7.72. The predicted octanol–water partition coefficient (Wildman–Crippen LogP) is 1.10. The molecule has 0 unspecified atom stereocenters. The van der Waals surface area contributed by atoms with Gasteiger partial charge in [-0.25, -0.2) is 0 Å². The Bertz CT molecular complexity index is 573. The third kappa shape index (κ3) is 4.39. The van der Waals surface area contributed by atoms with E-state index in [2.05, 4.69) is 5.32 Å². The number of amides is 2. The lowest BCUT2D eigenvalue weighted by molar-refractivity contribution is -0.136. The molecule has 2 rings (SSSR count). The highest BCUT2D eigenvalue weighted by atomic mass is 16.5. The van der Waals surface area contributed by atoms with Crippen LogP contribution in [-0.4, -0.2) is 30.7 Å². The van der Waals surface area contributed by atoms with E-state index in [1.165, 1.54) is 7.11 Å². The maximum atomic E-state index is 12.5. The van der Waals surface area contributed by atoms with Crippen LogP contribution in [0.3, 0.4) is 0 Å². The van der Waals surface area contributed by atoms with E-state index >= 15 is 0 Å². The molecule has 0 saturated heterocycles. The molecule has 0 spiro atoms. The van der Waals surface area contributed by atoms with Crippen molar-refractivity contribution < 1.29 is 19.1 Å². The number of methoxy groups -OCH3 is 1. The Morgan fingerprint density at radius 2 is 2.00 bits per heavy atom. The number of ketones is 1. The summed E-state index contributed by atoms with van der Waals surface area (Å²) in [5, 5.41) is 2.67. The lowest BCUT2D eigenvalue weighted by Gasteiger charge is -2.29. The minimum Gasteiger partial charge on any atom is -0.368 e. The highest BCUT2D eigenvalue weighted by molar-refractivity contribution is 5.90. The number of hydrogen-bond acceptors (Lipinski definition) is 4. The summed E-state index contributed by atoms with van der Waals surface area (Å²) in [5.41, 5.74) is 6.13. The van der Waals surface area contributed by atoms with Crippen molar-refractivity contribution in [3.05, 3.63) is 35.9 Å². The van der Waals surface area contributed by atoms with Gasteiger partial charge in [-0.05, 0) is 24.3 Å². The van der Waals surface area contributed by atoms with Crippen molar-refractivity contribution in [2.24, 2.45) is 11.7 Å². The van der Waals surface area contributed by atoms with E-state index in [0.717, 1.165) is 6.42 Å². The normalized spacial score (nSPS) is 20.6. The number of carbonyl (C=O) groups is 3. The fourth-order valence-corrected chi connectivity index (χ4v) is 3.02. The maximum absolute atomic E-state index is 12.5. The monoisotopic (exact) mass is 318 g/mol. The third-order valence-corrected chi connectivity index (χ3v) is 4.17. The second kappa shape index (κ2) is 7.87. The molecule has 3 atom stereocenters. The summed E-state index contributed by atoms with van der Waals surface area (Å²) in [7, 11) is 1.43. The summed E-state index contributed by atoms with van der Waals surface area (Å²) < 4.78 is 5.26. The number of rotatable bonds is 6. The number of hydrogen-bond donors (Lipinski definition) is 2. The van der Waals surface area contributed by atoms with E-state index in [1.54, 1.807) is 24.3 Å². The highest BCUT2D eigenvalue weighted by Crippen LogP contribution is 2.25. The molecule has 0 aliphatic heterocycles. The molecule has 1 aromatic rings. The molecular weight excluding hydrogens is 296 g/mol. The van der Waals surface area contributed by atoms with Crippen LogP contribution in [0.25, 0.3) is 0 Å². The fraction of sp³-hybridized carbons (Fsp3) is 0.471. The van der Waals surface area contributed by atoms with Crippen molar-refractivity contribution in [2.75, 3.05) is 7.11 Å². The van der Waals surface area contributed by atoms with E-state index in [9.17, 15) is 14.4 Å². The van der Waals surface area contributed by atoms with Crippen molar-refractivity contribution in [1.29, 1.82) is 0 Å². The highest BCUT2D eigenvalue weighted by Gasteiger charge is 2.34. The smallest absolute Gasteiger partial charge is 0.254 e. The van der Waals surface area contributed by atoms with E-state index in [4.69, 9.17) is 10.5 Å². The maximum Gasteiger partial charge on any atom is 0.254 e. The molecule has 124 valence electrons. The van der Waals surface area contributed by atoms with E-state index < -0.39 is 24.0 Å². The number of nitrogens with two attached hydrogens (primary N) is 1. The average Bonchev–Trinajstić information content (AvgIpc) is 2.54. The van der Waals surface area contributed by atoms with Gasteiger partial charge in [-0.15, -0.1) is 0 Å². The minimum absolute atomic E-state index is 0.105. The first-order valence-electron chi connectivity index (χ1n) is 7.72. The van der Waals surface area contributed by atoms with Crippen LogP contribution in [0.1, 0.15) is 37.4 Å². The lowest BCUT2D eigenvalue weighted by atomic mass is 9.82. The molecule has 1 fully saturated rings. The SMILES string of the molecule is CO[C@@H](C(=O)N[C@@H](C(N)=O)[C@@H]1CCCC(=O)C1)c1ccccc1. The first-order chi connectivity index (χ1) is 11.0. The fourth-order valence-electron chi connectivity index (χ4n) is 3.02. The molecule has 1 aliphatic carbocycles. The van der Waals surface area contributed by atoms with Crippen LogP contribution < -0.4 is 11.1 Å². The quantitative estimate of drug-likeness (QED) is 0.820. The molecule has 1 saturated carbocycles. The zero-order valence-corrected chi connectivity index (χ0v) is 13.2. The van der Waals surface area contributed by atoms with Gasteiger partial charge in [0.2, 0.25) is 5.91 Å². The summed E-state index contributed by atoms with van der Waals surface area (Å²) in [6.07, 6.45) is 1.40. The summed E-state index contributed by atoms with van der Waals surface area (Å²) in [6, 6.07) is 8.15. The molecule has 0 heterocycles. The summed E-state index contributed by atoms with van der Waals surface area (Å²) in [5.74, 6) is -1.19. The van der Waals surface area contributed by atoms with Gasteiger partial charge in [0.05, 0.1) is 0 Å². The van der Waals surface area contributed by atoms with Crippen LogP contribution in [0, 0.1) is 5.92 Å². The Morgan fingerprint density at radius 1 is 1.30 bits per heavy atom. The van der Waals surface area contributed by atoms with Gasteiger partial charge in [0, 0.05) is 20.0 Å². The zero-order valence-electron chi connectivity index (χ0n) is 13.2. The van der Waals surface area contributed by atoms with E-state index in [1.807, 2.05) is 6.07 Å². The molecule has 0 bridgehead atoms. The molecule has 6 heteroatoms. The Hall–Kier alpha value is -2.21. The van der Waals surface area contributed by atoms with Gasteiger partial charge in [-0.2, -0.15) is 0 Å². The second-order valence-electron chi connectivity index (χ2n) is 5.81. The van der Waals surface area contributed by atoms with Gasteiger partial charge in [-0.1, -0.05) is 30.3 Å². The van der Waals surface area contributed by atoms with Crippen LogP contribution >= 0.6 is 0 Å². The van der Waals surface area contributed by atoms with Gasteiger partial charge < -0.3 is 15.8 Å². The van der Waals surface area contributed by atoms with Crippen molar-refractivity contribution >= 4 is 17.6 Å². The van der Waals surface area contributed by atoms with E-state index in [0.29, 0.717) is 18.4 Å². The van der Waals surface area contributed by atoms with Crippen molar-refractivity contribution in [2.45, 2.75) is 37.8 Å². The van der Waals surface area contributed by atoms with Gasteiger partial charge in [0.15, 0.2) is 6.10 Å². The molecule has 6 nitrogen and oxygen atoms in total. The number of Topliss-reactive ketones (excluding diaryl/α,β-unsaturated/α-hetero) is 1. The Kier molecular flexibility index (Phi) is 5.87. The Balaban J connectivity index is 2.10. The molecule has 0 radical (unpaired) electrons. The molecule has 2 amide bonds. The van der Waals surface area contributed by atoms with Gasteiger partial charge in [-0.3, -0.25) is 14.4 Å². The van der Waals surface area contributed by atoms with Gasteiger partial charge in [0.1, 0.15) is 11.8 Å². The molecule has 0 aromatic heterocycles. The Labute approximate surface area is 135 Å². The summed E-state index contributed by atoms with van der Waals surface area (Å²) >= 11 is 0. The van der Waals surface area contributed by atoms with Crippen LogP contribution in [0.2, 0.25) is 0 Å². The molecule has 23 heavy (non-hydrogen) atoms. The number of benzene rings is 1. The molecule has 3 N–H and O–H groups in total. The third-order valence-electron chi connectivity index (χ3n) is 4.17. The summed E-state index contributed by atoms with van der Waals surface area (Å²) in [4.78, 5) is 35.8. The topological polar surface area (TPSA) is 98.5 Å². The Morgan fingerprint density at radius 3 is 2.57 bits per heavy atom. The number of primary amides is 1. The first kappa shape index (κ1) is 17.1. The minimum atomic E-state index is -0.854. The van der Waals surface area contributed by atoms with Crippen LogP contribution in [0.5, 0.6) is 0 Å². The summed E-state index contributed by atoms with van der Waals surface area (Å²) in [6.45, 7) is 0. The standard InChI is InChI=1S/C17H22N2O4/c1-23-15(11-6-3-2-4-7-11)17(22)19-14(16(18)21)12-8-5-9-13(20)10-12/h2-4,6-7,12,14-15H,5,8-10H2,1H3,(H2,18,21)(H,19,22)/t12-,14-,15-/m1/s1. The number of nitrogens with one attached hydrogen (secondary N) is 1. The van der Waals surface area contributed by atoms with Crippen LogP contribution in [-0.2, 0) is 19.1 Å². The number of carbonyl (C=O) groups excluding carboxylic acids is 3. The predicted molar refractivity (Wildman–Crippen MR) is 84.3 cm³/mol. The second-order valence-corrected chi connectivity index (χ2v) is 5.81. The largest absolute Gasteiger partial charge is 0.368 e. The van der Waals surface area contributed by atoms with Crippen molar-refractivity contribution in [1.82, 2.24) is 5.32 Å². The van der Waals surface area contributed by atoms with E-state index in [-0.39, 0.29) is 18.1 Å². The zero-order chi connectivity index (χ0) is 16.8. The molecule has 1 aliphatic rings. The average molecular weight is 318 g/mol. The molecular formula is C17H22N2O4. The lowest BCUT2D eigenvalue weighted by Crippen LogP contribution is -2.51. The molecule has 1 aromatic carbocycles. The van der Waals surface area contributed by atoms with Crippen LogP contribution in [0.4, 0.5) is 0 Å². The van der Waals surface area contributed by atoms with Crippen molar-refractivity contribution in [3.8, 4) is 0 Å². The van der Waals surface area contributed by atoms with Gasteiger partial charge >= 0.3 is 0 Å².